The van der Waals surface area contributed by atoms with E-state index in [9.17, 15) is 9.50 Å². The number of nitrogens with one attached hydrogen (secondary N) is 1. The number of piperazine rings is 1. The third-order valence-corrected chi connectivity index (χ3v) is 3.56. The molecule has 6 heteroatoms. The Morgan fingerprint density at radius 2 is 2.10 bits per heavy atom. The van der Waals surface area contributed by atoms with Crippen molar-refractivity contribution in [2.75, 3.05) is 40.0 Å². The summed E-state index contributed by atoms with van der Waals surface area (Å²) < 4.78 is 17.9. The number of benzene rings is 1. The predicted octanol–water partition coefficient (Wildman–Crippen LogP) is 2.13. The van der Waals surface area contributed by atoms with Crippen LogP contribution in [0.25, 0.3) is 0 Å². The van der Waals surface area contributed by atoms with Crippen molar-refractivity contribution in [3.05, 3.63) is 23.8 Å². The Bertz CT molecular complexity index is 414. The van der Waals surface area contributed by atoms with Crippen LogP contribution in [0.4, 0.5) is 4.39 Å². The lowest BCUT2D eigenvalue weighted by molar-refractivity contribution is 0.157. The van der Waals surface area contributed by atoms with Gasteiger partial charge in [-0.1, -0.05) is 6.07 Å². The molecule has 0 bridgehead atoms. The molecule has 1 atom stereocenters. The third-order valence-electron chi connectivity index (χ3n) is 3.56. The van der Waals surface area contributed by atoms with Crippen molar-refractivity contribution in [1.82, 2.24) is 10.2 Å². The maximum atomic E-state index is 12.8. The van der Waals surface area contributed by atoms with E-state index in [0.717, 1.165) is 31.7 Å². The fraction of sp³-hybridized carbons (Fsp3) is 0.571. The molecule has 20 heavy (non-hydrogen) atoms. The third kappa shape index (κ3) is 3.98. The summed E-state index contributed by atoms with van der Waals surface area (Å²) in [5.41, 5.74) is 0.995. The van der Waals surface area contributed by atoms with Gasteiger partial charge in [0.25, 0.3) is 0 Å². The van der Waals surface area contributed by atoms with Crippen molar-refractivity contribution in [2.45, 2.75) is 12.5 Å². The number of halogens is 2. The average molecular weight is 305 g/mol. The van der Waals surface area contributed by atoms with Crippen LogP contribution >= 0.6 is 12.4 Å². The summed E-state index contributed by atoms with van der Waals surface area (Å²) in [6, 6.07) is 5.31. The molecule has 0 aliphatic carbocycles. The highest BCUT2D eigenvalue weighted by Crippen LogP contribution is 2.32. The second kappa shape index (κ2) is 8.29. The summed E-state index contributed by atoms with van der Waals surface area (Å²) in [6.07, 6.45) is 0.466. The molecular weight excluding hydrogens is 283 g/mol. The number of hydrogen-bond donors (Lipinski definition) is 2. The molecule has 0 aromatic heterocycles. The van der Waals surface area contributed by atoms with E-state index in [2.05, 4.69) is 10.2 Å². The van der Waals surface area contributed by atoms with Gasteiger partial charge >= 0.3 is 0 Å². The molecule has 0 saturated carbocycles. The van der Waals surface area contributed by atoms with Crippen molar-refractivity contribution in [3.63, 3.8) is 0 Å². The maximum Gasteiger partial charge on any atom is 0.160 e. The van der Waals surface area contributed by atoms with Gasteiger partial charge in [0.05, 0.1) is 13.8 Å². The Morgan fingerprint density at radius 1 is 1.40 bits per heavy atom. The van der Waals surface area contributed by atoms with Crippen LogP contribution in [0.15, 0.2) is 18.2 Å². The van der Waals surface area contributed by atoms with E-state index in [1.807, 2.05) is 6.07 Å². The van der Waals surface area contributed by atoms with Crippen LogP contribution in [0, 0.1) is 0 Å². The molecule has 1 heterocycles. The highest BCUT2D eigenvalue weighted by molar-refractivity contribution is 5.85. The van der Waals surface area contributed by atoms with Crippen molar-refractivity contribution in [3.8, 4) is 11.5 Å². The average Bonchev–Trinajstić information content (AvgIpc) is 2.46. The number of methoxy groups -OCH3 is 1. The topological polar surface area (TPSA) is 44.7 Å². The smallest absolute Gasteiger partial charge is 0.160 e. The molecule has 0 spiro atoms. The SMILES string of the molecule is COc1cc([C@H](CCF)N2CCNCC2)ccc1O.Cl. The first kappa shape index (κ1) is 17.0. The van der Waals surface area contributed by atoms with E-state index in [0.29, 0.717) is 12.2 Å². The second-order valence-electron chi connectivity index (χ2n) is 4.71. The van der Waals surface area contributed by atoms with E-state index in [4.69, 9.17) is 4.74 Å². The van der Waals surface area contributed by atoms with Gasteiger partial charge in [0.15, 0.2) is 11.5 Å². The van der Waals surface area contributed by atoms with E-state index in [1.165, 1.54) is 7.11 Å². The van der Waals surface area contributed by atoms with Gasteiger partial charge in [-0.3, -0.25) is 9.29 Å². The van der Waals surface area contributed by atoms with E-state index in [-0.39, 0.29) is 30.9 Å². The lowest BCUT2D eigenvalue weighted by Crippen LogP contribution is -2.45. The van der Waals surface area contributed by atoms with Crippen LogP contribution < -0.4 is 10.1 Å². The molecule has 0 amide bonds. The van der Waals surface area contributed by atoms with Gasteiger partial charge in [-0.2, -0.15) is 0 Å². The Morgan fingerprint density at radius 3 is 2.70 bits per heavy atom. The van der Waals surface area contributed by atoms with E-state index >= 15 is 0 Å². The first-order valence-corrected chi connectivity index (χ1v) is 6.64. The highest BCUT2D eigenvalue weighted by Gasteiger charge is 2.22. The van der Waals surface area contributed by atoms with Gasteiger partial charge in [0.1, 0.15) is 0 Å². The number of hydrogen-bond acceptors (Lipinski definition) is 4. The van der Waals surface area contributed by atoms with Crippen LogP contribution in [0.3, 0.4) is 0 Å². The molecule has 1 aromatic rings. The second-order valence-corrected chi connectivity index (χ2v) is 4.71. The molecule has 0 unspecified atom stereocenters. The summed E-state index contributed by atoms with van der Waals surface area (Å²) in [4.78, 5) is 2.28. The summed E-state index contributed by atoms with van der Waals surface area (Å²) in [5.74, 6) is 0.557. The summed E-state index contributed by atoms with van der Waals surface area (Å²) in [5, 5.41) is 12.9. The number of nitrogens with zero attached hydrogens (tertiary/aromatic N) is 1. The zero-order valence-electron chi connectivity index (χ0n) is 11.6. The summed E-state index contributed by atoms with van der Waals surface area (Å²) in [7, 11) is 1.52. The first-order valence-electron chi connectivity index (χ1n) is 6.64. The van der Waals surface area contributed by atoms with Gasteiger partial charge in [-0.25, -0.2) is 0 Å². The number of ether oxygens (including phenoxy) is 1. The van der Waals surface area contributed by atoms with Gasteiger partial charge in [0.2, 0.25) is 0 Å². The lowest BCUT2D eigenvalue weighted by atomic mass is 10.0. The molecule has 4 nitrogen and oxygen atoms in total. The molecule has 1 fully saturated rings. The maximum absolute atomic E-state index is 12.8. The Kier molecular flexibility index (Phi) is 7.05. The van der Waals surface area contributed by atoms with Gasteiger partial charge in [0, 0.05) is 32.2 Å². The zero-order valence-corrected chi connectivity index (χ0v) is 12.5. The van der Waals surface area contributed by atoms with Crippen molar-refractivity contribution >= 4 is 12.4 Å². The summed E-state index contributed by atoms with van der Waals surface area (Å²) >= 11 is 0. The quantitative estimate of drug-likeness (QED) is 0.875. The molecule has 1 aliphatic rings. The number of phenolic OH excluding ortho intramolecular Hbond substituents is 1. The lowest BCUT2D eigenvalue weighted by Gasteiger charge is -2.35. The molecule has 2 rings (SSSR count). The van der Waals surface area contributed by atoms with Crippen LogP contribution in [-0.4, -0.2) is 50.0 Å². The number of alkyl halides is 1. The monoisotopic (exact) mass is 304 g/mol. The minimum absolute atomic E-state index is 0. The fourth-order valence-electron chi connectivity index (χ4n) is 2.56. The predicted molar refractivity (Wildman–Crippen MR) is 79.7 cm³/mol. The van der Waals surface area contributed by atoms with E-state index in [1.54, 1.807) is 12.1 Å². The number of aromatic hydroxyl groups is 1. The molecule has 1 aliphatic heterocycles. The number of phenols is 1. The highest BCUT2D eigenvalue weighted by atomic mass is 35.5. The van der Waals surface area contributed by atoms with Crippen molar-refractivity contribution in [2.24, 2.45) is 0 Å². The molecule has 2 N–H and O–H groups in total. The Labute approximate surface area is 125 Å². The Balaban J connectivity index is 0.00000200. The largest absolute Gasteiger partial charge is 0.504 e. The number of rotatable bonds is 5. The first-order chi connectivity index (χ1) is 9.26. The van der Waals surface area contributed by atoms with Crippen molar-refractivity contribution < 1.29 is 14.2 Å². The van der Waals surface area contributed by atoms with Crippen LogP contribution in [-0.2, 0) is 0 Å². The van der Waals surface area contributed by atoms with Gasteiger partial charge in [-0.15, -0.1) is 12.4 Å². The van der Waals surface area contributed by atoms with Gasteiger partial charge in [-0.05, 0) is 24.1 Å². The van der Waals surface area contributed by atoms with Crippen LogP contribution in [0.5, 0.6) is 11.5 Å². The minimum Gasteiger partial charge on any atom is -0.504 e. The molecule has 114 valence electrons. The minimum atomic E-state index is -0.349. The molecular formula is C14H22ClFN2O2. The van der Waals surface area contributed by atoms with Crippen molar-refractivity contribution in [1.29, 1.82) is 0 Å². The molecule has 1 saturated heterocycles. The fourth-order valence-corrected chi connectivity index (χ4v) is 2.56. The normalized spacial score (nSPS) is 17.3. The molecule has 1 aromatic carbocycles. The Hall–Kier alpha value is -1.04. The van der Waals surface area contributed by atoms with E-state index < -0.39 is 0 Å². The van der Waals surface area contributed by atoms with Gasteiger partial charge < -0.3 is 15.2 Å². The van der Waals surface area contributed by atoms with Crippen LogP contribution in [0.2, 0.25) is 0 Å². The standard InChI is InChI=1S/C14H21FN2O2.ClH/c1-19-14-10-11(2-3-13(14)18)12(4-5-15)17-8-6-16-7-9-17;/h2-3,10,12,16,18H,4-9H2,1H3;1H/t12-;/m0./s1. The molecule has 0 radical (unpaired) electrons. The van der Waals surface area contributed by atoms with Crippen LogP contribution in [0.1, 0.15) is 18.0 Å². The zero-order chi connectivity index (χ0) is 13.7. The summed E-state index contributed by atoms with van der Waals surface area (Å²) in [6.45, 7) is 3.33.